The first kappa shape index (κ1) is 16.0. The predicted octanol–water partition coefficient (Wildman–Crippen LogP) is 3.37. The molecule has 0 aliphatic heterocycles. The number of hydrogen-bond donors (Lipinski definition) is 1. The number of aromatic nitrogens is 1. The lowest BCUT2D eigenvalue weighted by Crippen LogP contribution is -2.30. The minimum absolute atomic E-state index is 0.280. The monoisotopic (exact) mass is 263 g/mol. The lowest BCUT2D eigenvalue weighted by molar-refractivity contribution is 0.417. The van der Waals surface area contributed by atoms with Gasteiger partial charge in [0, 0.05) is 31.9 Å². The second kappa shape index (κ2) is 6.38. The van der Waals surface area contributed by atoms with Crippen molar-refractivity contribution < 1.29 is 0 Å². The zero-order valence-electron chi connectivity index (χ0n) is 13.5. The Balaban J connectivity index is 2.76. The Morgan fingerprint density at radius 1 is 1.26 bits per heavy atom. The number of nitrogens with zero attached hydrogens (tertiary/aromatic N) is 2. The molecule has 1 aromatic heterocycles. The molecule has 0 fully saturated rings. The molecule has 0 spiro atoms. The van der Waals surface area contributed by atoms with E-state index in [1.165, 1.54) is 5.56 Å². The van der Waals surface area contributed by atoms with Gasteiger partial charge in [0.15, 0.2) is 0 Å². The van der Waals surface area contributed by atoms with Crippen LogP contribution in [-0.4, -0.2) is 24.6 Å². The molecule has 0 saturated carbocycles. The van der Waals surface area contributed by atoms with Crippen LogP contribution in [0.5, 0.6) is 0 Å². The molecule has 0 radical (unpaired) electrons. The molecule has 0 aliphatic carbocycles. The first-order valence-corrected chi connectivity index (χ1v) is 7.10. The van der Waals surface area contributed by atoms with E-state index in [9.17, 15) is 0 Å². The Morgan fingerprint density at radius 2 is 1.89 bits per heavy atom. The first-order valence-electron chi connectivity index (χ1n) is 7.10. The fourth-order valence-electron chi connectivity index (χ4n) is 2.08. The van der Waals surface area contributed by atoms with Crippen molar-refractivity contribution in [1.82, 2.24) is 10.3 Å². The first-order chi connectivity index (χ1) is 8.69. The maximum atomic E-state index is 4.72. The third-order valence-corrected chi connectivity index (χ3v) is 2.98. The van der Waals surface area contributed by atoms with Gasteiger partial charge in [-0.05, 0) is 24.0 Å². The van der Waals surface area contributed by atoms with E-state index < -0.39 is 0 Å². The van der Waals surface area contributed by atoms with Crippen LogP contribution in [0.2, 0.25) is 0 Å². The molecule has 1 aromatic rings. The molecule has 0 aliphatic rings. The molecule has 0 saturated heterocycles. The van der Waals surface area contributed by atoms with Gasteiger partial charge in [0.1, 0.15) is 5.82 Å². The van der Waals surface area contributed by atoms with Gasteiger partial charge in [0.2, 0.25) is 0 Å². The molecule has 3 heteroatoms. The highest BCUT2D eigenvalue weighted by atomic mass is 15.2. The van der Waals surface area contributed by atoms with Crippen molar-refractivity contribution in [2.45, 2.75) is 54.1 Å². The summed E-state index contributed by atoms with van der Waals surface area (Å²) in [7, 11) is 2.11. The van der Waals surface area contributed by atoms with Crippen molar-refractivity contribution in [3.63, 3.8) is 0 Å². The Labute approximate surface area is 118 Å². The van der Waals surface area contributed by atoms with Crippen molar-refractivity contribution >= 4 is 5.82 Å². The van der Waals surface area contributed by atoms with E-state index in [4.69, 9.17) is 4.98 Å². The minimum Gasteiger partial charge on any atom is -0.359 e. The number of hydrogen-bond acceptors (Lipinski definition) is 3. The molecule has 0 unspecified atom stereocenters. The standard InChI is InChI=1S/C16H29N3/c1-12(2)17-10-14-8-9-15(18-13(14)3)19(7)11-16(4,5)6/h8-9,12,17H,10-11H2,1-7H3. The summed E-state index contributed by atoms with van der Waals surface area (Å²) < 4.78 is 0. The van der Waals surface area contributed by atoms with Crippen LogP contribution in [0.4, 0.5) is 5.82 Å². The summed E-state index contributed by atoms with van der Waals surface area (Å²) in [5, 5.41) is 3.44. The van der Waals surface area contributed by atoms with Crippen molar-refractivity contribution in [2.75, 3.05) is 18.5 Å². The zero-order valence-corrected chi connectivity index (χ0v) is 13.5. The van der Waals surface area contributed by atoms with Crippen molar-refractivity contribution in [1.29, 1.82) is 0 Å². The molecule has 1 rings (SSSR count). The van der Waals surface area contributed by atoms with E-state index in [2.05, 4.69) is 70.9 Å². The molecule has 1 heterocycles. The fourth-order valence-corrected chi connectivity index (χ4v) is 2.08. The third kappa shape index (κ3) is 5.60. The van der Waals surface area contributed by atoms with E-state index in [1.54, 1.807) is 0 Å². The second-order valence-electron chi connectivity index (χ2n) is 6.87. The number of pyridine rings is 1. The lowest BCUT2D eigenvalue weighted by atomic mass is 9.96. The van der Waals surface area contributed by atoms with Crippen LogP contribution in [0.1, 0.15) is 45.9 Å². The number of aryl methyl sites for hydroxylation is 1. The van der Waals surface area contributed by atoms with E-state index in [0.717, 1.165) is 24.6 Å². The van der Waals surface area contributed by atoms with E-state index in [1.807, 2.05) is 0 Å². The predicted molar refractivity (Wildman–Crippen MR) is 83.7 cm³/mol. The van der Waals surface area contributed by atoms with Crippen LogP contribution in [0.15, 0.2) is 12.1 Å². The van der Waals surface area contributed by atoms with Gasteiger partial charge in [-0.3, -0.25) is 0 Å². The van der Waals surface area contributed by atoms with E-state index >= 15 is 0 Å². The van der Waals surface area contributed by atoms with Gasteiger partial charge in [0.25, 0.3) is 0 Å². The molecule has 3 nitrogen and oxygen atoms in total. The maximum Gasteiger partial charge on any atom is 0.128 e. The molecule has 19 heavy (non-hydrogen) atoms. The van der Waals surface area contributed by atoms with Gasteiger partial charge >= 0.3 is 0 Å². The summed E-state index contributed by atoms with van der Waals surface area (Å²) in [4.78, 5) is 6.95. The van der Waals surface area contributed by atoms with Gasteiger partial charge in [0.05, 0.1) is 0 Å². The van der Waals surface area contributed by atoms with Gasteiger partial charge in [-0.15, -0.1) is 0 Å². The van der Waals surface area contributed by atoms with Crippen molar-refractivity contribution in [2.24, 2.45) is 5.41 Å². The van der Waals surface area contributed by atoms with E-state index in [-0.39, 0.29) is 5.41 Å². The fraction of sp³-hybridized carbons (Fsp3) is 0.688. The Hall–Kier alpha value is -1.09. The van der Waals surface area contributed by atoms with Crippen LogP contribution in [-0.2, 0) is 6.54 Å². The topological polar surface area (TPSA) is 28.2 Å². The summed E-state index contributed by atoms with van der Waals surface area (Å²) in [6, 6.07) is 4.81. The van der Waals surface area contributed by atoms with E-state index in [0.29, 0.717) is 6.04 Å². The Bertz CT molecular complexity index is 405. The van der Waals surface area contributed by atoms with Crippen LogP contribution in [0, 0.1) is 12.3 Å². The highest BCUT2D eigenvalue weighted by Crippen LogP contribution is 2.20. The quantitative estimate of drug-likeness (QED) is 0.883. The van der Waals surface area contributed by atoms with Crippen molar-refractivity contribution in [3.05, 3.63) is 23.4 Å². The smallest absolute Gasteiger partial charge is 0.128 e. The van der Waals surface area contributed by atoms with Crippen molar-refractivity contribution in [3.8, 4) is 0 Å². The number of anilines is 1. The molecular formula is C16H29N3. The number of nitrogens with one attached hydrogen (secondary N) is 1. The average molecular weight is 263 g/mol. The maximum absolute atomic E-state index is 4.72. The molecule has 108 valence electrons. The number of rotatable bonds is 5. The summed E-state index contributed by atoms with van der Waals surface area (Å²) in [5.74, 6) is 1.06. The molecule has 0 amide bonds. The van der Waals surface area contributed by atoms with Crippen LogP contribution >= 0.6 is 0 Å². The van der Waals surface area contributed by atoms with Crippen LogP contribution in [0.25, 0.3) is 0 Å². The Kier molecular flexibility index (Phi) is 5.36. The Morgan fingerprint density at radius 3 is 2.37 bits per heavy atom. The third-order valence-electron chi connectivity index (χ3n) is 2.98. The highest BCUT2D eigenvalue weighted by molar-refractivity contribution is 5.41. The van der Waals surface area contributed by atoms with Gasteiger partial charge in [-0.2, -0.15) is 0 Å². The van der Waals surface area contributed by atoms with Crippen LogP contribution in [0.3, 0.4) is 0 Å². The molecular weight excluding hydrogens is 234 g/mol. The average Bonchev–Trinajstić information content (AvgIpc) is 2.24. The summed E-state index contributed by atoms with van der Waals surface area (Å²) in [5.41, 5.74) is 2.68. The zero-order chi connectivity index (χ0) is 14.6. The van der Waals surface area contributed by atoms with Gasteiger partial charge < -0.3 is 10.2 Å². The summed E-state index contributed by atoms with van der Waals surface area (Å²) >= 11 is 0. The molecule has 0 bridgehead atoms. The minimum atomic E-state index is 0.280. The largest absolute Gasteiger partial charge is 0.359 e. The normalized spacial score (nSPS) is 12.0. The molecule has 1 N–H and O–H groups in total. The lowest BCUT2D eigenvalue weighted by Gasteiger charge is -2.27. The second-order valence-corrected chi connectivity index (χ2v) is 6.87. The molecule has 0 aromatic carbocycles. The van der Waals surface area contributed by atoms with Gasteiger partial charge in [-0.25, -0.2) is 4.98 Å². The summed E-state index contributed by atoms with van der Waals surface area (Å²) in [6.07, 6.45) is 0. The van der Waals surface area contributed by atoms with Crippen LogP contribution < -0.4 is 10.2 Å². The SMILES string of the molecule is Cc1nc(N(C)CC(C)(C)C)ccc1CNC(C)C. The summed E-state index contributed by atoms with van der Waals surface area (Å²) in [6.45, 7) is 15.0. The van der Waals surface area contributed by atoms with Gasteiger partial charge in [-0.1, -0.05) is 40.7 Å². The highest BCUT2D eigenvalue weighted by Gasteiger charge is 2.15. The molecule has 0 atom stereocenters.